The van der Waals surface area contributed by atoms with Gasteiger partial charge in [-0.2, -0.15) is 0 Å². The number of aryl methyl sites for hydroxylation is 1. The van der Waals surface area contributed by atoms with Crippen LogP contribution in [0.25, 0.3) is 33.3 Å². The lowest BCUT2D eigenvalue weighted by molar-refractivity contribution is 0.0696. The van der Waals surface area contributed by atoms with Gasteiger partial charge in [0.1, 0.15) is 5.75 Å². The van der Waals surface area contributed by atoms with Crippen LogP contribution >= 0.6 is 11.6 Å². The van der Waals surface area contributed by atoms with E-state index in [0.717, 1.165) is 38.9 Å². The summed E-state index contributed by atoms with van der Waals surface area (Å²) in [7, 11) is 2.02. The molecule has 1 heterocycles. The molecule has 0 aliphatic rings. The number of aromatic nitrogens is 1. The Morgan fingerprint density at radius 3 is 2.15 bits per heavy atom. The van der Waals surface area contributed by atoms with Gasteiger partial charge in [-0.05, 0) is 52.1 Å². The van der Waals surface area contributed by atoms with Crippen LogP contribution in [-0.4, -0.2) is 20.7 Å². The van der Waals surface area contributed by atoms with Gasteiger partial charge in [0.05, 0.1) is 16.8 Å². The second-order valence-electron chi connectivity index (χ2n) is 8.29. The van der Waals surface area contributed by atoms with E-state index in [4.69, 9.17) is 11.6 Å². The fraction of sp³-hybridized carbons (Fsp3) is 0.0690. The molecule has 0 fully saturated rings. The second kappa shape index (κ2) is 8.73. The molecule has 0 aliphatic carbocycles. The van der Waals surface area contributed by atoms with Gasteiger partial charge in [-0.1, -0.05) is 78.3 Å². The Balaban J connectivity index is 1.82. The molecule has 4 nitrogen and oxygen atoms in total. The number of carbonyl (C=O) groups is 1. The average Bonchev–Trinajstić information content (AvgIpc) is 3.12. The van der Waals surface area contributed by atoms with Crippen molar-refractivity contribution in [1.82, 2.24) is 4.57 Å². The van der Waals surface area contributed by atoms with Gasteiger partial charge in [-0.15, -0.1) is 0 Å². The van der Waals surface area contributed by atoms with Gasteiger partial charge in [0.25, 0.3) is 0 Å². The molecule has 5 aromatic rings. The fourth-order valence-electron chi connectivity index (χ4n) is 4.63. The number of benzene rings is 4. The number of phenols is 1. The summed E-state index contributed by atoms with van der Waals surface area (Å²) < 4.78 is 2.14. The minimum atomic E-state index is -1.07. The molecule has 0 bridgehead atoms. The standard InChI is InChI=1S/C29H22ClNO3/c1-31-25-17-22(30)16-23(18-8-4-2-5-9-18)27(25)24(28(31)19-10-6-3-7-11-19)14-20-12-13-21(29(33)34)15-26(20)32/h2-13,15-17,32H,14H2,1H3,(H,33,34). The van der Waals surface area contributed by atoms with E-state index in [1.165, 1.54) is 12.1 Å². The van der Waals surface area contributed by atoms with Crippen LogP contribution in [0.4, 0.5) is 0 Å². The van der Waals surface area contributed by atoms with E-state index in [-0.39, 0.29) is 11.3 Å². The summed E-state index contributed by atoms with van der Waals surface area (Å²) in [6.07, 6.45) is 0.425. The number of aromatic carboxylic acids is 1. The van der Waals surface area contributed by atoms with Crippen LogP contribution in [0.1, 0.15) is 21.5 Å². The molecule has 5 rings (SSSR count). The van der Waals surface area contributed by atoms with Crippen molar-refractivity contribution < 1.29 is 15.0 Å². The van der Waals surface area contributed by atoms with Crippen molar-refractivity contribution >= 4 is 28.5 Å². The Morgan fingerprint density at radius 1 is 0.882 bits per heavy atom. The molecule has 0 saturated carbocycles. The van der Waals surface area contributed by atoms with Gasteiger partial charge in [0.2, 0.25) is 0 Å². The minimum Gasteiger partial charge on any atom is -0.508 e. The van der Waals surface area contributed by atoms with Crippen LogP contribution in [0, 0.1) is 0 Å². The highest BCUT2D eigenvalue weighted by atomic mass is 35.5. The first kappa shape index (κ1) is 21.8. The molecular formula is C29H22ClNO3. The van der Waals surface area contributed by atoms with Gasteiger partial charge in [-0.25, -0.2) is 4.79 Å². The normalized spacial score (nSPS) is 11.1. The summed E-state index contributed by atoms with van der Waals surface area (Å²) in [6.45, 7) is 0. The van der Waals surface area contributed by atoms with Gasteiger partial charge in [0.15, 0.2) is 0 Å². The van der Waals surface area contributed by atoms with E-state index in [9.17, 15) is 15.0 Å². The molecule has 0 aliphatic heterocycles. The van der Waals surface area contributed by atoms with Gasteiger partial charge in [-0.3, -0.25) is 0 Å². The lowest BCUT2D eigenvalue weighted by Crippen LogP contribution is -1.99. The van der Waals surface area contributed by atoms with Crippen LogP contribution in [0.3, 0.4) is 0 Å². The molecule has 1 aromatic heterocycles. The van der Waals surface area contributed by atoms with Crippen LogP contribution in [0.2, 0.25) is 5.02 Å². The van der Waals surface area contributed by atoms with E-state index >= 15 is 0 Å². The van der Waals surface area contributed by atoms with E-state index in [1.54, 1.807) is 6.07 Å². The summed E-state index contributed by atoms with van der Waals surface area (Å²) in [5.74, 6) is -1.11. The molecular weight excluding hydrogens is 446 g/mol. The quantitative estimate of drug-likeness (QED) is 0.288. The van der Waals surface area contributed by atoms with E-state index < -0.39 is 5.97 Å². The number of fused-ring (bicyclic) bond motifs is 1. The molecule has 168 valence electrons. The molecule has 0 spiro atoms. The van der Waals surface area contributed by atoms with Crippen LogP contribution in [0.5, 0.6) is 5.75 Å². The third kappa shape index (κ3) is 3.82. The maximum Gasteiger partial charge on any atom is 0.335 e. The summed E-state index contributed by atoms with van der Waals surface area (Å²) >= 11 is 6.58. The molecule has 0 saturated heterocycles. The summed E-state index contributed by atoms with van der Waals surface area (Å²) in [6, 6.07) is 28.7. The minimum absolute atomic E-state index is 0.0360. The lowest BCUT2D eigenvalue weighted by Gasteiger charge is -2.11. The predicted octanol–water partition coefficient (Wildman–Crippen LogP) is 7.16. The Bertz CT molecular complexity index is 1520. The summed E-state index contributed by atoms with van der Waals surface area (Å²) in [5, 5.41) is 21.7. The Hall–Kier alpha value is -4.02. The Morgan fingerprint density at radius 2 is 1.53 bits per heavy atom. The topological polar surface area (TPSA) is 62.5 Å². The molecule has 0 radical (unpaired) electrons. The first-order valence-electron chi connectivity index (χ1n) is 10.9. The van der Waals surface area contributed by atoms with Gasteiger partial charge < -0.3 is 14.8 Å². The largest absolute Gasteiger partial charge is 0.508 e. The number of halogens is 1. The van der Waals surface area contributed by atoms with Crippen molar-refractivity contribution in [3.8, 4) is 28.1 Å². The van der Waals surface area contributed by atoms with Gasteiger partial charge >= 0.3 is 5.97 Å². The van der Waals surface area contributed by atoms with Crippen molar-refractivity contribution in [2.24, 2.45) is 7.05 Å². The monoisotopic (exact) mass is 467 g/mol. The maximum absolute atomic E-state index is 11.3. The van der Waals surface area contributed by atoms with Crippen molar-refractivity contribution in [2.75, 3.05) is 0 Å². The number of phenolic OH excluding ortho intramolecular Hbond substituents is 1. The van der Waals surface area contributed by atoms with Crippen molar-refractivity contribution in [1.29, 1.82) is 0 Å². The zero-order valence-electron chi connectivity index (χ0n) is 18.5. The first-order valence-corrected chi connectivity index (χ1v) is 11.3. The second-order valence-corrected chi connectivity index (χ2v) is 8.73. The van der Waals surface area contributed by atoms with Gasteiger partial charge in [0, 0.05) is 23.9 Å². The smallest absolute Gasteiger partial charge is 0.335 e. The molecule has 0 unspecified atom stereocenters. The molecule has 34 heavy (non-hydrogen) atoms. The number of aromatic hydroxyl groups is 1. The highest BCUT2D eigenvalue weighted by Gasteiger charge is 2.22. The number of rotatable bonds is 5. The molecule has 0 atom stereocenters. The Kier molecular flexibility index (Phi) is 5.60. The van der Waals surface area contributed by atoms with E-state index in [1.807, 2.05) is 55.6 Å². The highest BCUT2D eigenvalue weighted by Crippen LogP contribution is 2.42. The third-order valence-corrected chi connectivity index (χ3v) is 6.42. The number of nitrogens with zero attached hydrogens (tertiary/aromatic N) is 1. The summed E-state index contributed by atoms with van der Waals surface area (Å²) in [4.78, 5) is 11.3. The Labute approximate surface area is 202 Å². The molecule has 4 aromatic carbocycles. The first-order chi connectivity index (χ1) is 16.4. The van der Waals surface area contributed by atoms with Crippen LogP contribution in [-0.2, 0) is 13.5 Å². The van der Waals surface area contributed by atoms with Crippen molar-refractivity contribution in [3.05, 3.63) is 113 Å². The third-order valence-electron chi connectivity index (χ3n) is 6.20. The number of carboxylic acids is 1. The maximum atomic E-state index is 11.3. The van der Waals surface area contributed by atoms with Crippen LogP contribution in [0.15, 0.2) is 91.0 Å². The van der Waals surface area contributed by atoms with Crippen molar-refractivity contribution in [2.45, 2.75) is 6.42 Å². The molecule has 5 heteroatoms. The fourth-order valence-corrected chi connectivity index (χ4v) is 4.85. The number of hydrogen-bond donors (Lipinski definition) is 2. The molecule has 0 amide bonds. The van der Waals surface area contributed by atoms with Crippen LogP contribution < -0.4 is 0 Å². The zero-order chi connectivity index (χ0) is 23.8. The number of carboxylic acid groups (broad SMARTS) is 1. The van der Waals surface area contributed by atoms with E-state index in [2.05, 4.69) is 28.8 Å². The average molecular weight is 468 g/mol. The summed E-state index contributed by atoms with van der Waals surface area (Å²) in [5.41, 5.74) is 6.87. The lowest BCUT2D eigenvalue weighted by atomic mass is 9.93. The molecule has 2 N–H and O–H groups in total. The zero-order valence-corrected chi connectivity index (χ0v) is 19.3. The van der Waals surface area contributed by atoms with Crippen molar-refractivity contribution in [3.63, 3.8) is 0 Å². The predicted molar refractivity (Wildman–Crippen MR) is 137 cm³/mol. The number of hydrogen-bond acceptors (Lipinski definition) is 2. The van der Waals surface area contributed by atoms with E-state index in [0.29, 0.717) is 17.0 Å². The highest BCUT2D eigenvalue weighted by molar-refractivity contribution is 6.32. The SMILES string of the molecule is Cn1c(-c2ccccc2)c(Cc2ccc(C(=O)O)cc2O)c2c(-c3ccccc3)cc(Cl)cc21.